The number of amides is 1. The summed E-state index contributed by atoms with van der Waals surface area (Å²) in [5.74, 6) is 2.05. The summed E-state index contributed by atoms with van der Waals surface area (Å²) < 4.78 is 15.8. The van der Waals surface area contributed by atoms with Gasteiger partial charge in [0.1, 0.15) is 17.2 Å². The third-order valence-electron chi connectivity index (χ3n) is 5.13. The minimum Gasteiger partial charge on any atom is -0.497 e. The summed E-state index contributed by atoms with van der Waals surface area (Å²) >= 11 is 1.40. The number of hydrogen-bond acceptors (Lipinski definition) is 7. The van der Waals surface area contributed by atoms with Crippen molar-refractivity contribution in [1.82, 2.24) is 0 Å². The SMILES string of the molecule is COc1ccc(C2=Nc3ccccc3N=C(SCC(=O)Nc3cc(OC)cc(OC)c3)C2)cc1. The molecule has 0 atom stereocenters. The van der Waals surface area contributed by atoms with Crippen molar-refractivity contribution in [3.8, 4) is 17.2 Å². The van der Waals surface area contributed by atoms with Crippen LogP contribution in [0.1, 0.15) is 12.0 Å². The number of hydrogen-bond donors (Lipinski definition) is 1. The lowest BCUT2D eigenvalue weighted by atomic mass is 10.1. The van der Waals surface area contributed by atoms with Gasteiger partial charge < -0.3 is 19.5 Å². The number of anilines is 1. The maximum Gasteiger partial charge on any atom is 0.234 e. The number of carbonyl (C=O) groups is 1. The molecule has 0 aromatic heterocycles. The second-order valence-corrected chi connectivity index (χ2v) is 8.44. The van der Waals surface area contributed by atoms with Crippen LogP contribution in [0.15, 0.2) is 76.7 Å². The van der Waals surface area contributed by atoms with Gasteiger partial charge in [-0.1, -0.05) is 12.1 Å². The Kier molecular flexibility index (Phi) is 7.49. The van der Waals surface area contributed by atoms with Gasteiger partial charge in [-0.25, -0.2) is 4.99 Å². The number of benzene rings is 3. The molecule has 0 fully saturated rings. The van der Waals surface area contributed by atoms with E-state index in [2.05, 4.69) is 5.32 Å². The highest BCUT2D eigenvalue weighted by Gasteiger charge is 2.17. The highest BCUT2D eigenvalue weighted by molar-refractivity contribution is 8.14. The number of ether oxygens (including phenoxy) is 3. The standard InChI is InChI=1S/C26H25N3O4S/c1-31-19-10-8-17(9-11-19)24-15-26(29-23-7-5-4-6-22(23)28-24)34-16-25(30)27-18-12-20(32-2)14-21(13-18)33-3/h4-14H,15-16H2,1-3H3,(H,27,30). The Morgan fingerprint density at radius 3 is 2.09 bits per heavy atom. The van der Waals surface area contributed by atoms with Crippen LogP contribution >= 0.6 is 11.8 Å². The van der Waals surface area contributed by atoms with Crippen molar-refractivity contribution in [2.24, 2.45) is 9.98 Å². The smallest absolute Gasteiger partial charge is 0.234 e. The second kappa shape index (κ2) is 10.9. The van der Waals surface area contributed by atoms with Crippen LogP contribution in [0.4, 0.5) is 17.1 Å². The molecule has 1 N–H and O–H groups in total. The molecule has 0 spiro atoms. The molecular formula is C26H25N3O4S. The van der Waals surface area contributed by atoms with Crippen LogP contribution in [0.25, 0.3) is 0 Å². The second-order valence-electron chi connectivity index (χ2n) is 7.40. The number of nitrogens with zero attached hydrogens (tertiary/aromatic N) is 2. The van der Waals surface area contributed by atoms with Gasteiger partial charge in [-0.3, -0.25) is 9.79 Å². The monoisotopic (exact) mass is 475 g/mol. The van der Waals surface area contributed by atoms with E-state index in [1.807, 2.05) is 48.5 Å². The number of nitrogens with one attached hydrogen (secondary N) is 1. The molecule has 0 saturated heterocycles. The van der Waals surface area contributed by atoms with Gasteiger partial charge >= 0.3 is 0 Å². The quantitative estimate of drug-likeness (QED) is 0.478. The van der Waals surface area contributed by atoms with Crippen molar-refractivity contribution in [3.63, 3.8) is 0 Å². The van der Waals surface area contributed by atoms with Crippen molar-refractivity contribution in [1.29, 1.82) is 0 Å². The van der Waals surface area contributed by atoms with Crippen LogP contribution < -0.4 is 19.5 Å². The summed E-state index contributed by atoms with van der Waals surface area (Å²) in [5.41, 5.74) is 4.06. The molecule has 0 aliphatic carbocycles. The van der Waals surface area contributed by atoms with Gasteiger partial charge in [0.15, 0.2) is 0 Å². The van der Waals surface area contributed by atoms with Crippen LogP contribution in [0, 0.1) is 0 Å². The van der Waals surface area contributed by atoms with E-state index in [1.54, 1.807) is 39.5 Å². The first-order valence-corrected chi connectivity index (χ1v) is 11.6. The molecule has 8 heteroatoms. The predicted octanol–water partition coefficient (Wildman–Crippen LogP) is 5.64. The lowest BCUT2D eigenvalue weighted by molar-refractivity contribution is -0.113. The van der Waals surface area contributed by atoms with Gasteiger partial charge in [-0.15, -0.1) is 11.8 Å². The summed E-state index contributed by atoms with van der Waals surface area (Å²) in [6.07, 6.45) is 0.520. The van der Waals surface area contributed by atoms with E-state index < -0.39 is 0 Å². The van der Waals surface area contributed by atoms with Crippen molar-refractivity contribution < 1.29 is 19.0 Å². The third-order valence-corrected chi connectivity index (χ3v) is 6.10. The average molecular weight is 476 g/mol. The van der Waals surface area contributed by atoms with Gasteiger partial charge in [-0.05, 0) is 42.0 Å². The Bertz CT molecular complexity index is 1220. The topological polar surface area (TPSA) is 81.5 Å². The van der Waals surface area contributed by atoms with Crippen molar-refractivity contribution in [2.45, 2.75) is 6.42 Å². The first kappa shape index (κ1) is 23.4. The lowest BCUT2D eigenvalue weighted by Gasteiger charge is -2.11. The van der Waals surface area contributed by atoms with Crippen LogP contribution in [0.2, 0.25) is 0 Å². The number of thioether (sulfide) groups is 1. The molecule has 0 saturated carbocycles. The van der Waals surface area contributed by atoms with Gasteiger partial charge in [0.05, 0.1) is 49.2 Å². The largest absolute Gasteiger partial charge is 0.497 e. The Labute approximate surface area is 202 Å². The molecule has 3 aromatic carbocycles. The summed E-state index contributed by atoms with van der Waals surface area (Å²) in [7, 11) is 4.78. The average Bonchev–Trinajstić information content (AvgIpc) is 3.06. The molecule has 7 nitrogen and oxygen atoms in total. The Balaban J connectivity index is 1.50. The van der Waals surface area contributed by atoms with Crippen molar-refractivity contribution >= 4 is 45.5 Å². The van der Waals surface area contributed by atoms with E-state index in [9.17, 15) is 4.79 Å². The number of aliphatic imine (C=N–C) groups is 2. The zero-order valence-electron chi connectivity index (χ0n) is 19.2. The fraction of sp³-hybridized carbons (Fsp3) is 0.192. The highest BCUT2D eigenvalue weighted by Crippen LogP contribution is 2.33. The van der Waals surface area contributed by atoms with Crippen LogP contribution in [0.3, 0.4) is 0 Å². The molecule has 0 unspecified atom stereocenters. The zero-order valence-corrected chi connectivity index (χ0v) is 20.0. The zero-order chi connectivity index (χ0) is 23.9. The van der Waals surface area contributed by atoms with E-state index in [-0.39, 0.29) is 11.7 Å². The molecule has 3 aromatic rings. The predicted molar refractivity (Wildman–Crippen MR) is 138 cm³/mol. The lowest BCUT2D eigenvalue weighted by Crippen LogP contribution is -2.16. The molecule has 0 bridgehead atoms. The molecule has 1 aliphatic heterocycles. The van der Waals surface area contributed by atoms with E-state index in [4.69, 9.17) is 24.2 Å². The molecule has 1 aliphatic rings. The summed E-state index contributed by atoms with van der Waals surface area (Å²) in [6, 6.07) is 20.8. The minimum atomic E-state index is -0.150. The molecule has 0 radical (unpaired) electrons. The van der Waals surface area contributed by atoms with E-state index in [0.717, 1.165) is 33.4 Å². The van der Waals surface area contributed by atoms with E-state index in [0.29, 0.717) is 23.6 Å². The van der Waals surface area contributed by atoms with Gasteiger partial charge in [0, 0.05) is 30.3 Å². The first-order chi connectivity index (χ1) is 16.6. The Morgan fingerprint density at radius 2 is 1.47 bits per heavy atom. The molecule has 34 heavy (non-hydrogen) atoms. The van der Waals surface area contributed by atoms with Crippen LogP contribution in [-0.2, 0) is 4.79 Å². The first-order valence-electron chi connectivity index (χ1n) is 10.6. The Morgan fingerprint density at radius 1 is 0.853 bits per heavy atom. The van der Waals surface area contributed by atoms with Crippen LogP contribution in [0.5, 0.6) is 17.2 Å². The Hall–Kier alpha value is -3.78. The molecular weight excluding hydrogens is 450 g/mol. The van der Waals surface area contributed by atoms with Gasteiger partial charge in [0.2, 0.25) is 5.91 Å². The van der Waals surface area contributed by atoms with Gasteiger partial charge in [-0.2, -0.15) is 0 Å². The summed E-state index contributed by atoms with van der Waals surface area (Å²) in [6.45, 7) is 0. The van der Waals surface area contributed by atoms with E-state index >= 15 is 0 Å². The minimum absolute atomic E-state index is 0.150. The number of rotatable bonds is 7. The van der Waals surface area contributed by atoms with E-state index in [1.165, 1.54) is 11.8 Å². The number of fused-ring (bicyclic) bond motifs is 1. The number of para-hydroxylation sites is 2. The third kappa shape index (κ3) is 5.77. The maximum absolute atomic E-state index is 12.7. The van der Waals surface area contributed by atoms with Gasteiger partial charge in [0.25, 0.3) is 0 Å². The fourth-order valence-corrected chi connectivity index (χ4v) is 4.19. The fourth-order valence-electron chi connectivity index (χ4n) is 3.41. The normalized spacial score (nSPS) is 12.6. The molecule has 4 rings (SSSR count). The maximum atomic E-state index is 12.7. The van der Waals surface area contributed by atoms with Crippen molar-refractivity contribution in [2.75, 3.05) is 32.4 Å². The summed E-state index contributed by atoms with van der Waals surface area (Å²) in [4.78, 5) is 22.4. The van der Waals surface area contributed by atoms with Crippen LogP contribution in [-0.4, -0.2) is 43.7 Å². The number of methoxy groups -OCH3 is 3. The highest BCUT2D eigenvalue weighted by atomic mass is 32.2. The molecule has 174 valence electrons. The molecule has 1 amide bonds. The molecule has 1 heterocycles. The van der Waals surface area contributed by atoms with Crippen molar-refractivity contribution in [3.05, 3.63) is 72.3 Å². The number of carbonyl (C=O) groups excluding carboxylic acids is 1. The summed E-state index contributed by atoms with van der Waals surface area (Å²) in [5, 5.41) is 3.72.